The number of nitrogens with two attached hydrogens (primary N) is 1. The molecule has 4 aromatic rings. The number of ether oxygens (including phenoxy) is 3. The van der Waals surface area contributed by atoms with E-state index in [1.54, 1.807) is 28.1 Å². The predicted molar refractivity (Wildman–Crippen MR) is 156 cm³/mol. The highest BCUT2D eigenvalue weighted by molar-refractivity contribution is 5.91. The van der Waals surface area contributed by atoms with Gasteiger partial charge >= 0.3 is 0 Å². The van der Waals surface area contributed by atoms with Gasteiger partial charge in [0, 0.05) is 34.8 Å². The van der Waals surface area contributed by atoms with Crippen LogP contribution in [0, 0.1) is 0 Å². The van der Waals surface area contributed by atoms with Crippen molar-refractivity contribution in [1.29, 1.82) is 0 Å². The SMILES string of the molecule is CC.CCCc1ncc(Cc2ccc3cccc(OC(C)(C)C=O)c3n2)c2cc(OC)c(OC)cc12.CN. The molecule has 7 heteroatoms. The summed E-state index contributed by atoms with van der Waals surface area (Å²) in [5, 5.41) is 3.09. The zero-order valence-corrected chi connectivity index (χ0v) is 23.9. The lowest BCUT2D eigenvalue weighted by Gasteiger charge is -2.20. The van der Waals surface area contributed by atoms with Crippen molar-refractivity contribution in [2.24, 2.45) is 5.73 Å². The lowest BCUT2D eigenvalue weighted by Crippen LogP contribution is -2.29. The van der Waals surface area contributed by atoms with Crippen molar-refractivity contribution in [2.45, 2.75) is 59.5 Å². The summed E-state index contributed by atoms with van der Waals surface area (Å²) in [6.45, 7) is 9.62. The Labute approximate surface area is 226 Å². The lowest BCUT2D eigenvalue weighted by atomic mass is 9.99. The molecular formula is C31H41N3O4. The molecule has 0 saturated heterocycles. The Morgan fingerprint density at radius 1 is 0.947 bits per heavy atom. The summed E-state index contributed by atoms with van der Waals surface area (Å²) in [5.41, 5.74) is 7.27. The van der Waals surface area contributed by atoms with Crippen molar-refractivity contribution in [3.05, 3.63) is 65.6 Å². The molecule has 0 aliphatic rings. The van der Waals surface area contributed by atoms with Gasteiger partial charge in [0.1, 0.15) is 11.3 Å². The van der Waals surface area contributed by atoms with Gasteiger partial charge in [-0.1, -0.05) is 45.4 Å². The van der Waals surface area contributed by atoms with Gasteiger partial charge in [-0.2, -0.15) is 0 Å². The fourth-order valence-electron chi connectivity index (χ4n) is 4.10. The zero-order valence-electron chi connectivity index (χ0n) is 23.9. The first kappa shape index (κ1) is 30.5. The molecule has 2 aromatic heterocycles. The van der Waals surface area contributed by atoms with Crippen LogP contribution in [0.2, 0.25) is 0 Å². The second kappa shape index (κ2) is 14.3. The third kappa shape index (κ3) is 6.98. The van der Waals surface area contributed by atoms with Crippen molar-refractivity contribution in [3.63, 3.8) is 0 Å². The zero-order chi connectivity index (χ0) is 28.3. The Morgan fingerprint density at radius 3 is 2.21 bits per heavy atom. The second-order valence-electron chi connectivity index (χ2n) is 8.86. The van der Waals surface area contributed by atoms with Gasteiger partial charge in [-0.15, -0.1) is 0 Å². The number of aryl methyl sites for hydroxylation is 1. The number of carbonyl (C=O) groups is 1. The average Bonchev–Trinajstić information content (AvgIpc) is 2.96. The monoisotopic (exact) mass is 519 g/mol. The molecule has 0 bridgehead atoms. The molecule has 2 heterocycles. The first-order chi connectivity index (χ1) is 18.4. The van der Waals surface area contributed by atoms with E-state index >= 15 is 0 Å². The molecule has 4 rings (SSSR count). The molecule has 2 aromatic carbocycles. The van der Waals surface area contributed by atoms with Crippen molar-refractivity contribution < 1.29 is 19.0 Å². The van der Waals surface area contributed by atoms with Crippen molar-refractivity contribution in [1.82, 2.24) is 9.97 Å². The van der Waals surface area contributed by atoms with Gasteiger partial charge in [0.2, 0.25) is 0 Å². The minimum Gasteiger partial charge on any atom is -0.493 e. The molecule has 204 valence electrons. The van der Waals surface area contributed by atoms with Crippen molar-refractivity contribution in [2.75, 3.05) is 21.3 Å². The fourth-order valence-corrected chi connectivity index (χ4v) is 4.10. The average molecular weight is 520 g/mol. The molecule has 2 N–H and O–H groups in total. The summed E-state index contributed by atoms with van der Waals surface area (Å²) in [6, 6.07) is 13.8. The van der Waals surface area contributed by atoms with E-state index in [1.165, 1.54) is 7.05 Å². The van der Waals surface area contributed by atoms with Gasteiger partial charge < -0.3 is 19.9 Å². The lowest BCUT2D eigenvalue weighted by molar-refractivity contribution is -0.118. The van der Waals surface area contributed by atoms with Gasteiger partial charge in [0.15, 0.2) is 23.4 Å². The molecule has 0 unspecified atom stereocenters. The van der Waals surface area contributed by atoms with E-state index < -0.39 is 5.60 Å². The van der Waals surface area contributed by atoms with Crippen LogP contribution < -0.4 is 19.9 Å². The highest BCUT2D eigenvalue weighted by Crippen LogP contribution is 2.36. The van der Waals surface area contributed by atoms with Crippen LogP contribution in [0.5, 0.6) is 17.2 Å². The van der Waals surface area contributed by atoms with Gasteiger partial charge in [0.25, 0.3) is 0 Å². The summed E-state index contributed by atoms with van der Waals surface area (Å²) in [7, 11) is 4.79. The number of nitrogens with zero attached hydrogens (tertiary/aromatic N) is 2. The van der Waals surface area contributed by atoms with E-state index in [-0.39, 0.29) is 0 Å². The first-order valence-corrected chi connectivity index (χ1v) is 13.0. The molecular weight excluding hydrogens is 478 g/mol. The van der Waals surface area contributed by atoms with Crippen LogP contribution in [0.3, 0.4) is 0 Å². The number of methoxy groups -OCH3 is 2. The maximum absolute atomic E-state index is 11.4. The van der Waals surface area contributed by atoms with E-state index in [4.69, 9.17) is 24.2 Å². The smallest absolute Gasteiger partial charge is 0.162 e. The second-order valence-corrected chi connectivity index (χ2v) is 8.86. The molecule has 0 spiro atoms. The summed E-state index contributed by atoms with van der Waals surface area (Å²) >= 11 is 0. The number of pyridine rings is 2. The molecule has 0 radical (unpaired) electrons. The third-order valence-electron chi connectivity index (χ3n) is 5.81. The fraction of sp³-hybridized carbons (Fsp3) is 0.387. The first-order valence-electron chi connectivity index (χ1n) is 13.0. The van der Waals surface area contributed by atoms with Gasteiger partial charge in [-0.25, -0.2) is 4.98 Å². The van der Waals surface area contributed by atoms with E-state index in [1.807, 2.05) is 62.5 Å². The highest BCUT2D eigenvalue weighted by Gasteiger charge is 2.20. The summed E-state index contributed by atoms with van der Waals surface area (Å²) in [5.74, 6) is 1.96. The Morgan fingerprint density at radius 2 is 1.61 bits per heavy atom. The normalized spacial score (nSPS) is 10.7. The van der Waals surface area contributed by atoms with Crippen LogP contribution in [0.15, 0.2) is 48.7 Å². The van der Waals surface area contributed by atoms with Crippen LogP contribution in [0.1, 0.15) is 58.0 Å². The Kier molecular flexibility index (Phi) is 11.5. The minimum absolute atomic E-state index is 0.587. The number of hydrogen-bond donors (Lipinski definition) is 1. The number of para-hydroxylation sites is 1. The summed E-state index contributed by atoms with van der Waals surface area (Å²) in [6.07, 6.45) is 5.21. The maximum atomic E-state index is 11.4. The number of hydrogen-bond acceptors (Lipinski definition) is 7. The van der Waals surface area contributed by atoms with E-state index in [0.717, 1.165) is 57.8 Å². The van der Waals surface area contributed by atoms with Crippen molar-refractivity contribution >= 4 is 28.0 Å². The molecule has 38 heavy (non-hydrogen) atoms. The standard InChI is InChI=1S/C28H30N2O4.C2H6.CH5N/c1-6-8-23-22-15-26(33-5)25(32-4)14-21(22)19(16-29-23)13-20-12-11-18-9-7-10-24(27(18)30-20)34-28(2,3)17-31;2*1-2/h7,9-12,14-17H,6,8,13H2,1-5H3;1-2H3;2H2,1H3. The van der Waals surface area contributed by atoms with Crippen LogP contribution in [-0.2, 0) is 17.6 Å². The van der Waals surface area contributed by atoms with Crippen LogP contribution in [0.4, 0.5) is 0 Å². The Balaban J connectivity index is 0.00000121. The maximum Gasteiger partial charge on any atom is 0.162 e. The number of aromatic nitrogens is 2. The number of benzene rings is 2. The molecule has 7 nitrogen and oxygen atoms in total. The third-order valence-corrected chi connectivity index (χ3v) is 5.81. The number of rotatable bonds is 9. The van der Waals surface area contributed by atoms with E-state index in [9.17, 15) is 4.79 Å². The number of aldehydes is 1. The molecule has 0 aliphatic carbocycles. The van der Waals surface area contributed by atoms with Gasteiger partial charge in [-0.05, 0) is 62.5 Å². The topological polar surface area (TPSA) is 96.6 Å². The van der Waals surface area contributed by atoms with Crippen molar-refractivity contribution in [3.8, 4) is 17.2 Å². The quantitative estimate of drug-likeness (QED) is 0.259. The Bertz CT molecular complexity index is 1350. The summed E-state index contributed by atoms with van der Waals surface area (Å²) in [4.78, 5) is 21.1. The van der Waals surface area contributed by atoms with Gasteiger partial charge in [0.05, 0.1) is 14.2 Å². The Hall–Kier alpha value is -3.71. The number of carbonyl (C=O) groups excluding carboxylic acids is 1. The van der Waals surface area contributed by atoms with E-state index in [0.29, 0.717) is 23.7 Å². The highest BCUT2D eigenvalue weighted by atomic mass is 16.5. The molecule has 0 amide bonds. The number of fused-ring (bicyclic) bond motifs is 2. The minimum atomic E-state index is -0.934. The van der Waals surface area contributed by atoms with Crippen LogP contribution in [0.25, 0.3) is 21.7 Å². The van der Waals surface area contributed by atoms with Crippen LogP contribution >= 0.6 is 0 Å². The predicted octanol–water partition coefficient (Wildman–Crippen LogP) is 6.30. The molecule has 0 aliphatic heterocycles. The van der Waals surface area contributed by atoms with Crippen LogP contribution in [-0.4, -0.2) is 43.1 Å². The molecule has 0 saturated carbocycles. The largest absolute Gasteiger partial charge is 0.493 e. The van der Waals surface area contributed by atoms with Gasteiger partial charge in [-0.3, -0.25) is 9.78 Å². The molecule has 0 fully saturated rings. The summed E-state index contributed by atoms with van der Waals surface area (Å²) < 4.78 is 17.1. The molecule has 0 atom stereocenters. The van der Waals surface area contributed by atoms with E-state index in [2.05, 4.69) is 12.7 Å².